The van der Waals surface area contributed by atoms with E-state index in [4.69, 9.17) is 9.84 Å². The number of carboxylic acid groups (broad SMARTS) is 1. The number of aliphatic carboxylic acids is 1. The predicted molar refractivity (Wildman–Crippen MR) is 116 cm³/mol. The molecule has 0 amide bonds. The first-order valence-corrected chi connectivity index (χ1v) is 11.7. The Balaban J connectivity index is 1.98. The first-order chi connectivity index (χ1) is 14.3. The quantitative estimate of drug-likeness (QED) is 0.404. The zero-order valence-electron chi connectivity index (χ0n) is 19.8. The topological polar surface area (TPSA) is 124 Å². The van der Waals surface area contributed by atoms with Crippen molar-refractivity contribution < 1.29 is 34.8 Å². The van der Waals surface area contributed by atoms with Crippen LogP contribution in [0.3, 0.4) is 0 Å². The lowest BCUT2D eigenvalue weighted by Gasteiger charge is -2.64. The van der Waals surface area contributed by atoms with Gasteiger partial charge < -0.3 is 25.2 Å². The highest BCUT2D eigenvalue weighted by Crippen LogP contribution is 2.64. The second-order valence-electron chi connectivity index (χ2n) is 10.9. The number of carboxylic acids is 1. The molecule has 2 aliphatic rings. The lowest BCUT2D eigenvalue weighted by Crippen LogP contribution is -2.68. The number of aliphatic hydroxyl groups excluding tert-OH is 2. The van der Waals surface area contributed by atoms with Crippen LogP contribution in [0.5, 0.6) is 0 Å². The first kappa shape index (κ1) is 26.1. The molecule has 0 bridgehead atoms. The minimum absolute atomic E-state index is 0.0788. The van der Waals surface area contributed by atoms with Crippen molar-refractivity contribution in [1.82, 2.24) is 0 Å². The number of ether oxygens (including phenoxy) is 1. The Labute approximate surface area is 186 Å². The van der Waals surface area contributed by atoms with Gasteiger partial charge in [-0.1, -0.05) is 34.1 Å². The summed E-state index contributed by atoms with van der Waals surface area (Å²) < 4.78 is 5.16. The van der Waals surface area contributed by atoms with E-state index in [0.717, 1.165) is 25.7 Å². The van der Waals surface area contributed by atoms with Crippen LogP contribution >= 0.6 is 0 Å². The lowest BCUT2D eigenvalue weighted by molar-refractivity contribution is -0.264. The number of carbonyl (C=O) groups excluding carboxylic acids is 1. The van der Waals surface area contributed by atoms with Gasteiger partial charge in [0.2, 0.25) is 0 Å². The standard InChI is InChI=1S/C24H42O7/c1-15(10-13-31-20(28)7-6-19(26)27)8-11-22(3)16(2)9-12-23(4)18(22)14-17(25)21(29)24(23,5)30/h15-18,21,25,29-30H,6-14H2,1-5H3,(H,26,27). The molecule has 0 aromatic carbocycles. The highest BCUT2D eigenvalue weighted by molar-refractivity contribution is 5.76. The van der Waals surface area contributed by atoms with Crippen molar-refractivity contribution >= 4 is 11.9 Å². The van der Waals surface area contributed by atoms with Gasteiger partial charge in [-0.25, -0.2) is 0 Å². The molecule has 0 heterocycles. The molecule has 180 valence electrons. The highest BCUT2D eigenvalue weighted by atomic mass is 16.5. The summed E-state index contributed by atoms with van der Waals surface area (Å²) >= 11 is 0. The van der Waals surface area contributed by atoms with E-state index >= 15 is 0 Å². The van der Waals surface area contributed by atoms with Gasteiger partial charge in [0.15, 0.2) is 0 Å². The second-order valence-corrected chi connectivity index (χ2v) is 10.9. The Bertz CT molecular complexity index is 648. The van der Waals surface area contributed by atoms with Gasteiger partial charge >= 0.3 is 11.9 Å². The molecule has 4 N–H and O–H groups in total. The van der Waals surface area contributed by atoms with E-state index in [1.54, 1.807) is 6.92 Å². The summed E-state index contributed by atoms with van der Waals surface area (Å²) in [6.45, 7) is 10.7. The van der Waals surface area contributed by atoms with Gasteiger partial charge in [0, 0.05) is 5.41 Å². The number of hydrogen-bond donors (Lipinski definition) is 4. The smallest absolute Gasteiger partial charge is 0.306 e. The van der Waals surface area contributed by atoms with Gasteiger partial charge in [-0.15, -0.1) is 0 Å². The molecule has 0 saturated heterocycles. The van der Waals surface area contributed by atoms with Crippen molar-refractivity contribution in [1.29, 1.82) is 0 Å². The van der Waals surface area contributed by atoms with Crippen LogP contribution in [-0.2, 0) is 14.3 Å². The molecule has 31 heavy (non-hydrogen) atoms. The van der Waals surface area contributed by atoms with Crippen LogP contribution in [0.25, 0.3) is 0 Å². The molecular weight excluding hydrogens is 400 g/mol. The van der Waals surface area contributed by atoms with E-state index in [9.17, 15) is 24.9 Å². The normalized spacial score (nSPS) is 41.3. The average Bonchev–Trinajstić information content (AvgIpc) is 2.69. The van der Waals surface area contributed by atoms with Crippen molar-refractivity contribution in [2.45, 2.75) is 104 Å². The molecular formula is C24H42O7. The third kappa shape index (κ3) is 5.25. The van der Waals surface area contributed by atoms with Crippen LogP contribution in [0.4, 0.5) is 0 Å². The number of fused-ring (bicyclic) bond motifs is 1. The van der Waals surface area contributed by atoms with Gasteiger partial charge in [-0.05, 0) is 62.2 Å². The minimum atomic E-state index is -1.34. The van der Waals surface area contributed by atoms with Gasteiger partial charge in [0.05, 0.1) is 31.2 Å². The van der Waals surface area contributed by atoms with Crippen LogP contribution in [0.15, 0.2) is 0 Å². The van der Waals surface area contributed by atoms with Crippen molar-refractivity contribution in [3.8, 4) is 0 Å². The van der Waals surface area contributed by atoms with Gasteiger partial charge in [0.1, 0.15) is 6.10 Å². The Morgan fingerprint density at radius 2 is 1.77 bits per heavy atom. The Morgan fingerprint density at radius 1 is 1.13 bits per heavy atom. The number of carbonyl (C=O) groups is 2. The molecule has 2 aliphatic carbocycles. The average molecular weight is 443 g/mol. The summed E-state index contributed by atoms with van der Waals surface area (Å²) in [4.78, 5) is 22.1. The number of esters is 1. The fourth-order valence-electron chi connectivity index (χ4n) is 6.09. The van der Waals surface area contributed by atoms with Gasteiger partial charge in [-0.2, -0.15) is 0 Å². The maximum Gasteiger partial charge on any atom is 0.306 e. The SMILES string of the molecule is CC(CCOC(=O)CCC(=O)O)CCC1(C)C(C)CCC2(C)C1CC(O)C(O)C2(C)O. The van der Waals surface area contributed by atoms with E-state index in [-0.39, 0.29) is 30.8 Å². The Hall–Kier alpha value is -1.18. The molecule has 0 radical (unpaired) electrons. The third-order valence-corrected chi connectivity index (χ3v) is 8.95. The highest BCUT2D eigenvalue weighted by Gasteiger charge is 2.64. The van der Waals surface area contributed by atoms with Gasteiger partial charge in [0.25, 0.3) is 0 Å². The lowest BCUT2D eigenvalue weighted by atomic mass is 9.42. The molecule has 0 spiro atoms. The summed E-state index contributed by atoms with van der Waals surface area (Å²) in [6.07, 6.45) is 2.48. The second kappa shape index (κ2) is 9.75. The number of aliphatic hydroxyl groups is 3. The van der Waals surface area contributed by atoms with Gasteiger partial charge in [-0.3, -0.25) is 9.59 Å². The van der Waals surface area contributed by atoms with Crippen molar-refractivity contribution in [2.75, 3.05) is 6.61 Å². The van der Waals surface area contributed by atoms with Crippen LogP contribution in [0.2, 0.25) is 0 Å². The fourth-order valence-corrected chi connectivity index (χ4v) is 6.09. The molecule has 0 aromatic rings. The minimum Gasteiger partial charge on any atom is -0.481 e. The van der Waals surface area contributed by atoms with E-state index in [1.165, 1.54) is 0 Å². The molecule has 7 nitrogen and oxygen atoms in total. The van der Waals surface area contributed by atoms with Crippen molar-refractivity contribution in [3.63, 3.8) is 0 Å². The third-order valence-electron chi connectivity index (χ3n) is 8.95. The summed E-state index contributed by atoms with van der Waals surface area (Å²) in [7, 11) is 0. The monoisotopic (exact) mass is 442 g/mol. The summed E-state index contributed by atoms with van der Waals surface area (Å²) in [5.41, 5.74) is -1.88. The van der Waals surface area contributed by atoms with Crippen LogP contribution in [0.1, 0.15) is 86.0 Å². The molecule has 8 atom stereocenters. The molecule has 0 aromatic heterocycles. The Morgan fingerprint density at radius 3 is 2.39 bits per heavy atom. The molecule has 2 rings (SSSR count). The molecule has 2 fully saturated rings. The Kier molecular flexibility index (Phi) is 8.20. The molecule has 0 aliphatic heterocycles. The largest absolute Gasteiger partial charge is 0.481 e. The molecule has 2 saturated carbocycles. The summed E-state index contributed by atoms with van der Waals surface area (Å²) in [5, 5.41) is 40.9. The van der Waals surface area contributed by atoms with Crippen molar-refractivity contribution in [2.24, 2.45) is 28.6 Å². The van der Waals surface area contributed by atoms with Crippen LogP contribution < -0.4 is 0 Å². The molecule has 8 unspecified atom stereocenters. The predicted octanol–water partition coefficient (Wildman–Crippen LogP) is 3.14. The van der Waals surface area contributed by atoms with Crippen molar-refractivity contribution in [3.05, 3.63) is 0 Å². The maximum atomic E-state index is 11.6. The first-order valence-electron chi connectivity index (χ1n) is 11.7. The fraction of sp³-hybridized carbons (Fsp3) is 0.917. The van der Waals surface area contributed by atoms with E-state index in [0.29, 0.717) is 24.7 Å². The van der Waals surface area contributed by atoms with E-state index < -0.39 is 35.2 Å². The summed E-state index contributed by atoms with van der Waals surface area (Å²) in [6, 6.07) is 0. The van der Waals surface area contributed by atoms with Crippen LogP contribution in [-0.4, -0.2) is 56.8 Å². The number of rotatable bonds is 9. The maximum absolute atomic E-state index is 11.6. The van der Waals surface area contributed by atoms with Crippen LogP contribution in [0, 0.1) is 28.6 Å². The number of hydrogen-bond acceptors (Lipinski definition) is 6. The zero-order chi connectivity index (χ0) is 23.6. The summed E-state index contributed by atoms with van der Waals surface area (Å²) in [5.74, 6) is -0.631. The molecule has 7 heteroatoms. The zero-order valence-corrected chi connectivity index (χ0v) is 19.8. The van der Waals surface area contributed by atoms with E-state index in [2.05, 4.69) is 27.7 Å². The van der Waals surface area contributed by atoms with E-state index in [1.807, 2.05) is 0 Å².